The summed E-state index contributed by atoms with van der Waals surface area (Å²) in [5, 5.41) is 0. The number of esters is 1. The number of rotatable bonds is 7. The third-order valence-electron chi connectivity index (χ3n) is 5.53. The Morgan fingerprint density at radius 2 is 1.74 bits per heavy atom. The zero-order chi connectivity index (χ0) is 23.2. The van der Waals surface area contributed by atoms with Gasteiger partial charge in [-0.05, 0) is 79.1 Å². The number of allylic oxidation sites excluding steroid dienone is 1. The Morgan fingerprint density at radius 3 is 2.29 bits per heavy atom. The largest absolute Gasteiger partial charge is 0.464 e. The summed E-state index contributed by atoms with van der Waals surface area (Å²) in [6, 6.07) is -0.666. The standard InChI is InChI=1S/C22H38NO7P/c1-7-27-20(24)19-18-11-10-16(15-31(26,28-8-2)29-9-3)14-17(18)12-13-23(19)21(25)30-22(4,5)6/h15,17-19H,7-14H2,1-6H3/b16-15+/t17-,18+,19+/m0/s1. The van der Waals surface area contributed by atoms with Crippen molar-refractivity contribution in [1.82, 2.24) is 4.90 Å². The van der Waals surface area contributed by atoms with Crippen molar-refractivity contribution in [3.05, 3.63) is 11.4 Å². The molecule has 0 N–H and O–H groups in total. The molecule has 1 amide bonds. The van der Waals surface area contributed by atoms with Crippen molar-refractivity contribution in [2.45, 2.75) is 78.9 Å². The Labute approximate surface area is 186 Å². The van der Waals surface area contributed by atoms with Crippen LogP contribution in [0.2, 0.25) is 0 Å². The third kappa shape index (κ3) is 7.06. The van der Waals surface area contributed by atoms with Crippen LogP contribution in [0.15, 0.2) is 11.4 Å². The molecular formula is C22H38NO7P. The molecule has 0 bridgehead atoms. The van der Waals surface area contributed by atoms with Gasteiger partial charge in [0.05, 0.1) is 19.8 Å². The van der Waals surface area contributed by atoms with Gasteiger partial charge in [-0.15, -0.1) is 0 Å². The van der Waals surface area contributed by atoms with Crippen LogP contribution >= 0.6 is 7.60 Å². The Morgan fingerprint density at radius 1 is 1.10 bits per heavy atom. The maximum absolute atomic E-state index is 12.9. The number of ether oxygens (including phenoxy) is 2. The van der Waals surface area contributed by atoms with Crippen LogP contribution < -0.4 is 0 Å². The number of fused-ring (bicyclic) bond motifs is 1. The van der Waals surface area contributed by atoms with Gasteiger partial charge in [0.2, 0.25) is 0 Å². The van der Waals surface area contributed by atoms with Gasteiger partial charge in [-0.25, -0.2) is 9.59 Å². The van der Waals surface area contributed by atoms with E-state index in [4.69, 9.17) is 18.5 Å². The van der Waals surface area contributed by atoms with Gasteiger partial charge >= 0.3 is 19.7 Å². The zero-order valence-corrected chi connectivity index (χ0v) is 20.6. The molecule has 178 valence electrons. The van der Waals surface area contributed by atoms with Crippen LogP contribution in [-0.2, 0) is 27.9 Å². The Kier molecular flexibility index (Phi) is 9.16. The molecule has 2 aliphatic rings. The molecule has 0 unspecified atom stereocenters. The van der Waals surface area contributed by atoms with Gasteiger partial charge in [0.25, 0.3) is 0 Å². The van der Waals surface area contributed by atoms with Gasteiger partial charge in [-0.2, -0.15) is 0 Å². The molecule has 0 spiro atoms. The molecule has 1 saturated heterocycles. The third-order valence-corrected chi connectivity index (χ3v) is 7.44. The van der Waals surface area contributed by atoms with Gasteiger partial charge < -0.3 is 18.5 Å². The smallest absolute Gasteiger partial charge is 0.411 e. The number of amides is 1. The van der Waals surface area contributed by atoms with Gasteiger partial charge in [-0.3, -0.25) is 9.46 Å². The molecule has 3 atom stereocenters. The average Bonchev–Trinajstić information content (AvgIpc) is 2.66. The van der Waals surface area contributed by atoms with Crippen molar-refractivity contribution in [3.63, 3.8) is 0 Å². The topological polar surface area (TPSA) is 91.4 Å². The van der Waals surface area contributed by atoms with Crippen molar-refractivity contribution < 1.29 is 32.7 Å². The minimum atomic E-state index is -3.27. The summed E-state index contributed by atoms with van der Waals surface area (Å²) >= 11 is 0. The van der Waals surface area contributed by atoms with E-state index in [2.05, 4.69) is 0 Å². The first-order chi connectivity index (χ1) is 14.5. The lowest BCUT2D eigenvalue weighted by Gasteiger charge is -2.46. The fourth-order valence-corrected chi connectivity index (χ4v) is 6.08. The summed E-state index contributed by atoms with van der Waals surface area (Å²) in [5.74, 6) is 1.43. The molecule has 1 saturated carbocycles. The number of piperidine rings is 1. The lowest BCUT2D eigenvalue weighted by Crippen LogP contribution is -2.57. The highest BCUT2D eigenvalue weighted by Crippen LogP contribution is 2.53. The van der Waals surface area contributed by atoms with Crippen molar-refractivity contribution in [2.75, 3.05) is 26.4 Å². The Bertz CT molecular complexity index is 705. The molecule has 0 radical (unpaired) electrons. The van der Waals surface area contributed by atoms with Gasteiger partial charge in [0.15, 0.2) is 0 Å². The lowest BCUT2D eigenvalue weighted by atomic mass is 9.69. The van der Waals surface area contributed by atoms with Crippen LogP contribution in [0.4, 0.5) is 4.79 Å². The van der Waals surface area contributed by atoms with Gasteiger partial charge in [-0.1, -0.05) is 5.57 Å². The molecule has 0 aromatic rings. The summed E-state index contributed by atoms with van der Waals surface area (Å²) in [5.41, 5.74) is 0.384. The minimum absolute atomic E-state index is 0.0314. The molecule has 1 aliphatic heterocycles. The molecular weight excluding hydrogens is 421 g/mol. The fraction of sp³-hybridized carbons (Fsp3) is 0.818. The highest BCUT2D eigenvalue weighted by molar-refractivity contribution is 7.57. The monoisotopic (exact) mass is 459 g/mol. The van der Waals surface area contributed by atoms with Gasteiger partial charge in [0, 0.05) is 12.4 Å². The van der Waals surface area contributed by atoms with Crippen molar-refractivity contribution in [2.24, 2.45) is 11.8 Å². The molecule has 1 heterocycles. The van der Waals surface area contributed by atoms with Crippen LogP contribution in [0, 0.1) is 11.8 Å². The van der Waals surface area contributed by atoms with Crippen LogP contribution in [0.25, 0.3) is 0 Å². The summed E-state index contributed by atoms with van der Waals surface area (Å²) in [6.07, 6.45) is 2.32. The molecule has 0 aromatic carbocycles. The van der Waals surface area contributed by atoms with Gasteiger partial charge in [0.1, 0.15) is 11.6 Å². The maximum atomic E-state index is 12.9. The highest BCUT2D eigenvalue weighted by atomic mass is 31.2. The van der Waals surface area contributed by atoms with Crippen LogP contribution in [0.1, 0.15) is 67.2 Å². The van der Waals surface area contributed by atoms with Crippen LogP contribution in [0.3, 0.4) is 0 Å². The predicted molar refractivity (Wildman–Crippen MR) is 118 cm³/mol. The zero-order valence-electron chi connectivity index (χ0n) is 19.7. The maximum Gasteiger partial charge on any atom is 0.411 e. The van der Waals surface area contributed by atoms with E-state index < -0.39 is 25.3 Å². The van der Waals surface area contributed by atoms with E-state index in [1.807, 2.05) is 20.8 Å². The average molecular weight is 460 g/mol. The van der Waals surface area contributed by atoms with E-state index in [1.54, 1.807) is 26.6 Å². The number of hydrogen-bond acceptors (Lipinski definition) is 7. The fourth-order valence-electron chi connectivity index (χ4n) is 4.45. The van der Waals surface area contributed by atoms with Crippen LogP contribution in [-0.4, -0.2) is 55.0 Å². The SMILES string of the molecule is CCOC(=O)[C@H]1[C@@H]2CC/C(=C\P(=O)(OCC)OCC)C[C@@H]2CCN1C(=O)OC(C)(C)C. The molecule has 2 fully saturated rings. The van der Waals surface area contributed by atoms with E-state index in [9.17, 15) is 14.2 Å². The van der Waals surface area contributed by atoms with E-state index >= 15 is 0 Å². The normalized spacial score (nSPS) is 25.8. The van der Waals surface area contributed by atoms with E-state index in [1.165, 1.54) is 4.90 Å². The Balaban J connectivity index is 2.23. The Hall–Kier alpha value is -1.37. The minimum Gasteiger partial charge on any atom is -0.464 e. The quantitative estimate of drug-likeness (QED) is 0.385. The molecule has 1 aliphatic carbocycles. The first kappa shape index (κ1) is 25.9. The lowest BCUT2D eigenvalue weighted by molar-refractivity contribution is -0.155. The van der Waals surface area contributed by atoms with E-state index in [0.717, 1.165) is 12.0 Å². The highest BCUT2D eigenvalue weighted by Gasteiger charge is 2.47. The second-order valence-corrected chi connectivity index (χ2v) is 10.8. The first-order valence-electron chi connectivity index (χ1n) is 11.3. The second-order valence-electron chi connectivity index (χ2n) is 8.99. The molecule has 8 nitrogen and oxygen atoms in total. The number of likely N-dealkylation sites (tertiary alicyclic amines) is 1. The first-order valence-corrected chi connectivity index (χ1v) is 12.9. The number of nitrogens with zero attached hydrogens (tertiary/aromatic N) is 1. The van der Waals surface area contributed by atoms with Crippen molar-refractivity contribution >= 4 is 19.7 Å². The number of carbonyl (C=O) groups is 2. The molecule has 31 heavy (non-hydrogen) atoms. The van der Waals surface area contributed by atoms with Crippen molar-refractivity contribution in [3.8, 4) is 0 Å². The van der Waals surface area contributed by atoms with Crippen molar-refractivity contribution in [1.29, 1.82) is 0 Å². The predicted octanol–water partition coefficient (Wildman–Crippen LogP) is 5.13. The number of carbonyl (C=O) groups excluding carboxylic acids is 2. The summed E-state index contributed by atoms with van der Waals surface area (Å²) in [7, 11) is -3.27. The summed E-state index contributed by atoms with van der Waals surface area (Å²) < 4.78 is 34.6. The van der Waals surface area contributed by atoms with E-state index in [0.29, 0.717) is 39.0 Å². The molecule has 9 heteroatoms. The number of hydrogen-bond donors (Lipinski definition) is 0. The van der Waals surface area contributed by atoms with E-state index in [-0.39, 0.29) is 24.4 Å². The molecule has 2 rings (SSSR count). The van der Waals surface area contributed by atoms with Crippen LogP contribution in [0.5, 0.6) is 0 Å². The molecule has 0 aromatic heterocycles. The summed E-state index contributed by atoms with van der Waals surface area (Å²) in [4.78, 5) is 27.2. The second kappa shape index (κ2) is 11.0. The summed E-state index contributed by atoms with van der Waals surface area (Å²) in [6.45, 7) is 12.1.